The van der Waals surface area contributed by atoms with Crippen molar-refractivity contribution in [3.05, 3.63) is 0 Å². The Balaban J connectivity index is 5.48. The van der Waals surface area contributed by atoms with Crippen molar-refractivity contribution in [3.63, 3.8) is 0 Å². The summed E-state index contributed by atoms with van der Waals surface area (Å²) in [4.78, 5) is 12.4. The van der Waals surface area contributed by atoms with E-state index >= 15 is 0 Å². The third kappa shape index (κ3) is 9.35. The molecule has 1 N–H and O–H groups in total. The number of ether oxygens (including phenoxy) is 1. The molecule has 0 saturated heterocycles. The van der Waals surface area contributed by atoms with Gasteiger partial charge in [-0.3, -0.25) is 4.79 Å². The quantitative estimate of drug-likeness (QED) is 0.396. The molecule has 4 nitrogen and oxygen atoms in total. The van der Waals surface area contributed by atoms with Gasteiger partial charge in [-0.05, 0) is 40.5 Å². The lowest BCUT2D eigenvalue weighted by Crippen LogP contribution is -2.54. The molecule has 0 aromatic carbocycles. The van der Waals surface area contributed by atoms with Gasteiger partial charge >= 0.3 is 12.1 Å². The first-order chi connectivity index (χ1) is 11.8. The van der Waals surface area contributed by atoms with Crippen LogP contribution in [0.15, 0.2) is 0 Å². The molecule has 0 radical (unpaired) electrons. The van der Waals surface area contributed by atoms with Crippen LogP contribution in [0.25, 0.3) is 0 Å². The van der Waals surface area contributed by atoms with Crippen molar-refractivity contribution in [2.24, 2.45) is 5.92 Å². The Labute approximate surface area is 158 Å². The van der Waals surface area contributed by atoms with Crippen molar-refractivity contribution in [1.82, 2.24) is 4.72 Å². The third-order valence-electron chi connectivity index (χ3n) is 4.11. The minimum absolute atomic E-state index is 0.0494. The molecule has 0 spiro atoms. The van der Waals surface area contributed by atoms with E-state index in [1.54, 1.807) is 34.6 Å². The second-order valence-electron chi connectivity index (χ2n) is 7.63. The van der Waals surface area contributed by atoms with Crippen LogP contribution in [0.5, 0.6) is 0 Å². The molecule has 0 fully saturated rings. The van der Waals surface area contributed by atoms with E-state index in [4.69, 9.17) is 4.74 Å². The largest absolute Gasteiger partial charge is 0.462 e. The van der Waals surface area contributed by atoms with E-state index < -0.39 is 45.9 Å². The molecule has 0 aromatic heterocycles. The summed E-state index contributed by atoms with van der Waals surface area (Å²) in [6, 6.07) is -2.19. The molecule has 0 heterocycles. The van der Waals surface area contributed by atoms with E-state index in [0.717, 1.165) is 19.3 Å². The number of carbonyl (C=O) groups excluding carboxylic acids is 1. The van der Waals surface area contributed by atoms with E-state index in [-0.39, 0.29) is 6.42 Å². The van der Waals surface area contributed by atoms with Gasteiger partial charge < -0.3 is 4.74 Å². The Morgan fingerprint density at radius 2 is 1.69 bits per heavy atom. The summed E-state index contributed by atoms with van der Waals surface area (Å²) in [5.74, 6) is -2.29. The summed E-state index contributed by atoms with van der Waals surface area (Å²) >= 11 is 0. The minimum Gasteiger partial charge on any atom is -0.462 e. The van der Waals surface area contributed by atoms with Gasteiger partial charge in [0.15, 0.2) is 0 Å². The highest BCUT2D eigenvalue weighted by molar-refractivity contribution is 7.84. The van der Waals surface area contributed by atoms with Crippen molar-refractivity contribution in [2.75, 3.05) is 0 Å². The van der Waals surface area contributed by atoms with Crippen LogP contribution >= 0.6 is 0 Å². The van der Waals surface area contributed by atoms with Gasteiger partial charge in [0, 0.05) is 0 Å². The number of hydrogen-bond donors (Lipinski definition) is 1. The summed E-state index contributed by atoms with van der Waals surface area (Å²) in [6.45, 7) is 10.2. The zero-order valence-corrected chi connectivity index (χ0v) is 17.6. The number of nitrogens with one attached hydrogen (secondary N) is 1. The Morgan fingerprint density at radius 3 is 2.12 bits per heavy atom. The molecule has 4 atom stereocenters. The minimum atomic E-state index is -4.70. The summed E-state index contributed by atoms with van der Waals surface area (Å²) in [5, 5.41) is 0. The van der Waals surface area contributed by atoms with Crippen LogP contribution in [0.1, 0.15) is 80.1 Å². The average Bonchev–Trinajstić information content (AvgIpc) is 2.50. The van der Waals surface area contributed by atoms with E-state index in [1.807, 2.05) is 6.92 Å². The van der Waals surface area contributed by atoms with Crippen LogP contribution in [0.2, 0.25) is 0 Å². The van der Waals surface area contributed by atoms with E-state index in [9.17, 15) is 22.2 Å². The van der Waals surface area contributed by atoms with Gasteiger partial charge in [-0.15, -0.1) is 0 Å². The number of carbonyl (C=O) groups is 1. The van der Waals surface area contributed by atoms with Crippen molar-refractivity contribution < 1.29 is 26.9 Å². The number of halogens is 3. The standard InChI is InChI=1S/C18H34F3NO3S/c1-7-9-10-11-12-14(16(23)25-13(3)8-2)15(18(19,20)21)22-26(24)17(4,5)6/h13-15,22H,7-12H2,1-6H3/t13?,14-,15-,26-/m0/s1. The SMILES string of the molecule is CCCCCC[C@H](C(=O)OC(C)CC)[C@H](N[S@@](=O)C(C)(C)C)C(F)(F)F. The van der Waals surface area contributed by atoms with Crippen molar-refractivity contribution in [2.45, 2.75) is 103 Å². The molecule has 0 saturated carbocycles. The molecule has 0 aliphatic carbocycles. The highest BCUT2D eigenvalue weighted by Gasteiger charge is 2.49. The van der Waals surface area contributed by atoms with Crippen LogP contribution in [0.3, 0.4) is 0 Å². The fourth-order valence-electron chi connectivity index (χ4n) is 2.25. The molecule has 0 aliphatic rings. The lowest BCUT2D eigenvalue weighted by Gasteiger charge is -2.31. The fraction of sp³-hybridized carbons (Fsp3) is 0.944. The molecule has 0 rings (SSSR count). The Kier molecular flexibility index (Phi) is 11.0. The van der Waals surface area contributed by atoms with Gasteiger partial charge in [0.1, 0.15) is 6.04 Å². The first kappa shape index (κ1) is 25.4. The average molecular weight is 402 g/mol. The first-order valence-corrected chi connectivity index (χ1v) is 10.4. The molecule has 0 bridgehead atoms. The maximum Gasteiger partial charge on any atom is 0.405 e. The van der Waals surface area contributed by atoms with Crippen LogP contribution in [0, 0.1) is 5.92 Å². The molecule has 156 valence electrons. The maximum atomic E-state index is 13.7. The Hall–Kier alpha value is -0.630. The van der Waals surface area contributed by atoms with Gasteiger partial charge in [-0.1, -0.05) is 39.5 Å². The zero-order valence-electron chi connectivity index (χ0n) is 16.7. The van der Waals surface area contributed by atoms with Crippen LogP contribution < -0.4 is 4.72 Å². The topological polar surface area (TPSA) is 55.4 Å². The fourth-order valence-corrected chi connectivity index (χ4v) is 3.13. The van der Waals surface area contributed by atoms with Gasteiger partial charge in [0.25, 0.3) is 0 Å². The Morgan fingerprint density at radius 1 is 1.12 bits per heavy atom. The summed E-state index contributed by atoms with van der Waals surface area (Å²) in [7, 11) is -1.95. The molecular formula is C18H34F3NO3S. The van der Waals surface area contributed by atoms with E-state index in [0.29, 0.717) is 12.8 Å². The number of unbranched alkanes of at least 4 members (excludes halogenated alkanes) is 3. The van der Waals surface area contributed by atoms with Crippen LogP contribution in [-0.4, -0.2) is 33.2 Å². The molecule has 26 heavy (non-hydrogen) atoms. The summed E-state index contributed by atoms with van der Waals surface area (Å²) in [5.41, 5.74) is 0. The van der Waals surface area contributed by atoms with E-state index in [1.165, 1.54) is 0 Å². The number of esters is 1. The lowest BCUT2D eigenvalue weighted by atomic mass is 9.93. The van der Waals surface area contributed by atoms with Gasteiger partial charge in [0.2, 0.25) is 0 Å². The number of rotatable bonds is 11. The maximum absolute atomic E-state index is 13.7. The number of hydrogen-bond acceptors (Lipinski definition) is 3. The van der Waals surface area contributed by atoms with Gasteiger partial charge in [0.05, 0.1) is 27.8 Å². The van der Waals surface area contributed by atoms with Crippen molar-refractivity contribution in [1.29, 1.82) is 0 Å². The van der Waals surface area contributed by atoms with Gasteiger partial charge in [-0.2, -0.15) is 13.2 Å². The van der Waals surface area contributed by atoms with Crippen molar-refractivity contribution >= 4 is 17.0 Å². The second kappa shape index (κ2) is 11.3. The molecule has 0 amide bonds. The predicted octanol–water partition coefficient (Wildman–Crippen LogP) is 4.90. The Bertz CT molecular complexity index is 450. The molecule has 1 unspecified atom stereocenters. The van der Waals surface area contributed by atoms with Crippen molar-refractivity contribution in [3.8, 4) is 0 Å². The molecule has 8 heteroatoms. The molecular weight excluding hydrogens is 367 g/mol. The second-order valence-corrected chi connectivity index (χ2v) is 9.63. The van der Waals surface area contributed by atoms with Gasteiger partial charge in [-0.25, -0.2) is 8.93 Å². The van der Waals surface area contributed by atoms with E-state index in [2.05, 4.69) is 4.72 Å². The normalized spacial score (nSPS) is 17.4. The predicted molar refractivity (Wildman–Crippen MR) is 99.0 cm³/mol. The monoisotopic (exact) mass is 401 g/mol. The molecule has 0 aromatic rings. The highest BCUT2D eigenvalue weighted by Crippen LogP contribution is 2.31. The third-order valence-corrected chi connectivity index (χ3v) is 5.69. The summed E-state index contributed by atoms with van der Waals surface area (Å²) < 4.78 is 59.7. The molecule has 0 aliphatic heterocycles. The highest BCUT2D eigenvalue weighted by atomic mass is 32.2. The smallest absolute Gasteiger partial charge is 0.405 e. The lowest BCUT2D eigenvalue weighted by molar-refractivity contribution is -0.182. The number of alkyl halides is 3. The first-order valence-electron chi connectivity index (χ1n) is 9.29. The zero-order chi connectivity index (χ0) is 20.5. The summed E-state index contributed by atoms with van der Waals surface area (Å²) in [6.07, 6.45) is -1.52. The van der Waals surface area contributed by atoms with Crippen LogP contribution in [0.4, 0.5) is 13.2 Å². The van der Waals surface area contributed by atoms with Crippen LogP contribution in [-0.2, 0) is 20.5 Å².